The van der Waals surface area contributed by atoms with Crippen LogP contribution in [0.3, 0.4) is 0 Å². The number of aromatic nitrogens is 1. The Morgan fingerprint density at radius 2 is 2.15 bits per heavy atom. The van der Waals surface area contributed by atoms with Gasteiger partial charge in [0.1, 0.15) is 12.4 Å². The van der Waals surface area contributed by atoms with Crippen molar-refractivity contribution in [3.63, 3.8) is 0 Å². The van der Waals surface area contributed by atoms with Gasteiger partial charge >= 0.3 is 0 Å². The summed E-state index contributed by atoms with van der Waals surface area (Å²) in [4.78, 5) is 29.1. The highest BCUT2D eigenvalue weighted by molar-refractivity contribution is 6.09. The Kier molecular flexibility index (Phi) is 4.87. The van der Waals surface area contributed by atoms with E-state index in [2.05, 4.69) is 4.98 Å². The third-order valence-electron chi connectivity index (χ3n) is 5.04. The highest BCUT2D eigenvalue weighted by atomic mass is 19.3. The number of hydrogen-bond donors (Lipinski definition) is 1. The summed E-state index contributed by atoms with van der Waals surface area (Å²) in [7, 11) is 0. The largest absolute Gasteiger partial charge is 0.368 e. The number of rotatable bonds is 5. The molecule has 10 heteroatoms. The van der Waals surface area contributed by atoms with E-state index >= 15 is 0 Å². The van der Waals surface area contributed by atoms with Gasteiger partial charge in [-0.05, 0) is 19.8 Å². The average molecular weight is 389 g/mol. The maximum Gasteiger partial charge on any atom is 0.266 e. The quantitative estimate of drug-likeness (QED) is 0.783. The molecule has 0 spiro atoms. The van der Waals surface area contributed by atoms with Gasteiger partial charge in [-0.25, -0.2) is 22.5 Å². The molecule has 1 fully saturated rings. The van der Waals surface area contributed by atoms with Crippen molar-refractivity contribution in [1.29, 1.82) is 0 Å². The van der Waals surface area contributed by atoms with E-state index in [1.165, 1.54) is 6.92 Å². The van der Waals surface area contributed by atoms with Gasteiger partial charge in [-0.15, -0.1) is 0 Å². The molecule has 148 valence electrons. The average Bonchev–Trinajstić information content (AvgIpc) is 2.81. The molecular weight excluding hydrogens is 370 g/mol. The second-order valence-electron chi connectivity index (χ2n) is 6.79. The van der Waals surface area contributed by atoms with E-state index in [1.807, 2.05) is 0 Å². The zero-order valence-electron chi connectivity index (χ0n) is 14.6. The first-order chi connectivity index (χ1) is 12.6. The third kappa shape index (κ3) is 3.05. The van der Waals surface area contributed by atoms with Crippen LogP contribution in [0, 0.1) is 17.6 Å². The molecule has 0 saturated heterocycles. The number of fused-ring (bicyclic) bond motifs is 1. The molecule has 0 radical (unpaired) electrons. The molecule has 3 rings (SSSR count). The Labute approximate surface area is 152 Å². The number of pyridine rings is 1. The molecular formula is C17H19F4N3O3. The summed E-state index contributed by atoms with van der Waals surface area (Å²) in [6.07, 6.45) is -0.274. The Hall–Kier alpha value is -2.23. The van der Waals surface area contributed by atoms with Crippen LogP contribution in [0.5, 0.6) is 0 Å². The van der Waals surface area contributed by atoms with Crippen molar-refractivity contribution in [3.8, 4) is 0 Å². The molecule has 1 aliphatic heterocycles. The SMILES string of the molecule is CCO[C@]1([C@H]2CCCC(F)(F)C2)C(=O)N(CC(N)=O)c2ncc(F)c(F)c21. The lowest BCUT2D eigenvalue weighted by Gasteiger charge is -2.40. The highest BCUT2D eigenvalue weighted by Crippen LogP contribution is 2.53. The van der Waals surface area contributed by atoms with E-state index in [0.29, 0.717) is 6.20 Å². The smallest absolute Gasteiger partial charge is 0.266 e. The molecule has 0 bridgehead atoms. The molecule has 2 amide bonds. The number of nitrogens with zero attached hydrogens (tertiary/aromatic N) is 2. The van der Waals surface area contributed by atoms with E-state index in [0.717, 1.165) is 4.90 Å². The van der Waals surface area contributed by atoms with Crippen LogP contribution in [0.1, 0.15) is 38.2 Å². The van der Waals surface area contributed by atoms with Gasteiger partial charge in [0.05, 0.1) is 11.8 Å². The Balaban J connectivity index is 2.22. The minimum atomic E-state index is -3.07. The molecule has 1 saturated carbocycles. The lowest BCUT2D eigenvalue weighted by Crippen LogP contribution is -2.52. The summed E-state index contributed by atoms with van der Waals surface area (Å²) in [6.45, 7) is 0.743. The highest BCUT2D eigenvalue weighted by Gasteiger charge is 2.61. The summed E-state index contributed by atoms with van der Waals surface area (Å²) in [5.74, 6) is -9.10. The zero-order chi connectivity index (χ0) is 20.0. The maximum absolute atomic E-state index is 14.8. The second kappa shape index (κ2) is 6.74. The topological polar surface area (TPSA) is 85.5 Å². The number of ether oxygens (including phenoxy) is 1. The van der Waals surface area contributed by atoms with Gasteiger partial charge in [-0.1, -0.05) is 0 Å². The number of amides is 2. The summed E-state index contributed by atoms with van der Waals surface area (Å²) in [5.41, 5.74) is 2.43. The third-order valence-corrected chi connectivity index (χ3v) is 5.04. The van der Waals surface area contributed by atoms with E-state index in [1.54, 1.807) is 0 Å². The Bertz CT molecular complexity index is 789. The first-order valence-corrected chi connectivity index (χ1v) is 8.60. The van der Waals surface area contributed by atoms with Crippen LogP contribution in [-0.4, -0.2) is 35.9 Å². The molecule has 2 N–H and O–H groups in total. The summed E-state index contributed by atoms with van der Waals surface area (Å²) >= 11 is 0. The van der Waals surface area contributed by atoms with E-state index in [4.69, 9.17) is 10.5 Å². The van der Waals surface area contributed by atoms with Crippen molar-refractivity contribution < 1.29 is 31.9 Å². The molecule has 27 heavy (non-hydrogen) atoms. The van der Waals surface area contributed by atoms with Crippen molar-refractivity contribution in [2.24, 2.45) is 11.7 Å². The number of anilines is 1. The van der Waals surface area contributed by atoms with E-state index in [9.17, 15) is 27.2 Å². The minimum Gasteiger partial charge on any atom is -0.368 e. The van der Waals surface area contributed by atoms with Crippen LogP contribution < -0.4 is 10.6 Å². The van der Waals surface area contributed by atoms with Crippen LogP contribution in [0.15, 0.2) is 6.20 Å². The molecule has 1 aromatic heterocycles. The van der Waals surface area contributed by atoms with Crippen LogP contribution >= 0.6 is 0 Å². The zero-order valence-corrected chi connectivity index (χ0v) is 14.6. The van der Waals surface area contributed by atoms with Gasteiger partial charge in [-0.2, -0.15) is 0 Å². The van der Waals surface area contributed by atoms with Gasteiger partial charge in [0.15, 0.2) is 17.2 Å². The van der Waals surface area contributed by atoms with Gasteiger partial charge < -0.3 is 10.5 Å². The lowest BCUT2D eigenvalue weighted by atomic mass is 9.72. The monoisotopic (exact) mass is 389 g/mol. The number of hydrogen-bond acceptors (Lipinski definition) is 4. The van der Waals surface area contributed by atoms with Gasteiger partial charge in [0.25, 0.3) is 5.91 Å². The molecule has 0 unspecified atom stereocenters. The lowest BCUT2D eigenvalue weighted by molar-refractivity contribution is -0.166. The number of nitrogens with two attached hydrogens (primary N) is 1. The Morgan fingerprint density at radius 3 is 2.74 bits per heavy atom. The van der Waals surface area contributed by atoms with Crippen LogP contribution in [0.4, 0.5) is 23.4 Å². The van der Waals surface area contributed by atoms with Crippen molar-refractivity contribution in [2.45, 2.75) is 44.1 Å². The molecule has 1 aliphatic carbocycles. The van der Waals surface area contributed by atoms with E-state index < -0.39 is 59.4 Å². The maximum atomic E-state index is 14.8. The van der Waals surface area contributed by atoms with Gasteiger partial charge in [0.2, 0.25) is 11.8 Å². The molecule has 2 heterocycles. The molecule has 0 aromatic carbocycles. The first kappa shape index (κ1) is 19.5. The number of alkyl halides is 2. The molecule has 2 atom stereocenters. The van der Waals surface area contributed by atoms with Crippen molar-refractivity contribution in [1.82, 2.24) is 4.98 Å². The van der Waals surface area contributed by atoms with Crippen molar-refractivity contribution in [3.05, 3.63) is 23.4 Å². The molecule has 6 nitrogen and oxygen atoms in total. The van der Waals surface area contributed by atoms with Crippen LogP contribution in [-0.2, 0) is 19.9 Å². The molecule has 1 aromatic rings. The van der Waals surface area contributed by atoms with E-state index in [-0.39, 0.29) is 31.7 Å². The fourth-order valence-electron chi connectivity index (χ4n) is 4.07. The summed E-state index contributed by atoms with van der Waals surface area (Å²) in [5, 5.41) is 0. The van der Waals surface area contributed by atoms with Crippen LogP contribution in [0.25, 0.3) is 0 Å². The van der Waals surface area contributed by atoms with Crippen molar-refractivity contribution >= 4 is 17.6 Å². The summed E-state index contributed by atoms with van der Waals surface area (Å²) in [6, 6.07) is 0. The minimum absolute atomic E-state index is 0.0925. The Morgan fingerprint density at radius 1 is 1.44 bits per heavy atom. The van der Waals surface area contributed by atoms with Crippen molar-refractivity contribution in [2.75, 3.05) is 18.1 Å². The van der Waals surface area contributed by atoms with Gasteiger partial charge in [0, 0.05) is 25.4 Å². The van der Waals surface area contributed by atoms with Crippen LogP contribution in [0.2, 0.25) is 0 Å². The molecule has 2 aliphatic rings. The number of primary amides is 1. The number of halogens is 4. The summed E-state index contributed by atoms with van der Waals surface area (Å²) < 4.78 is 62.4. The normalized spacial score (nSPS) is 26.9. The predicted octanol–water partition coefficient (Wildman–Crippen LogP) is 2.25. The van der Waals surface area contributed by atoms with Gasteiger partial charge in [-0.3, -0.25) is 14.5 Å². The standard InChI is InChI=1S/C17H19F4N3O3/c1-2-27-17(9-4-3-5-16(20,21)6-9)12-13(19)10(18)7-23-14(12)24(15(17)26)8-11(22)25/h7,9H,2-6,8H2,1H3,(H2,22,25)/t9-,17-/m0/s1. The second-order valence-corrected chi connectivity index (χ2v) is 6.79. The fourth-order valence-corrected chi connectivity index (χ4v) is 4.07. The number of carbonyl (C=O) groups is 2. The fraction of sp³-hybridized carbons (Fsp3) is 0.588. The predicted molar refractivity (Wildman–Crippen MR) is 85.9 cm³/mol. The number of carbonyl (C=O) groups excluding carboxylic acids is 2. The first-order valence-electron chi connectivity index (χ1n) is 8.60.